The van der Waals surface area contributed by atoms with Crippen LogP contribution in [0.4, 0.5) is 0 Å². The molecule has 1 aromatic carbocycles. The third-order valence-corrected chi connectivity index (χ3v) is 2.30. The normalized spacial score (nSPS) is 14.9. The summed E-state index contributed by atoms with van der Waals surface area (Å²) in [6.07, 6.45) is 0.372. The maximum atomic E-state index is 9.30. The molecular weight excluding hydrogens is 190 g/mol. The lowest BCUT2D eigenvalue weighted by molar-refractivity contribution is -0.00863. The highest BCUT2D eigenvalue weighted by Gasteiger charge is 2.11. The molecule has 3 N–H and O–H groups in total. The molecular formula is C12H19NO2. The first-order chi connectivity index (χ1) is 7.27. The van der Waals surface area contributed by atoms with Crippen molar-refractivity contribution in [2.75, 3.05) is 13.2 Å². The Labute approximate surface area is 90.9 Å². The molecule has 0 heterocycles. The first kappa shape index (κ1) is 12.2. The molecule has 0 fully saturated rings. The summed E-state index contributed by atoms with van der Waals surface area (Å²) in [5.74, 6) is 0. The van der Waals surface area contributed by atoms with Crippen LogP contribution in [0.2, 0.25) is 0 Å². The van der Waals surface area contributed by atoms with Crippen LogP contribution in [0.15, 0.2) is 30.3 Å². The Morgan fingerprint density at radius 1 is 1.33 bits per heavy atom. The Morgan fingerprint density at radius 3 is 2.53 bits per heavy atom. The van der Waals surface area contributed by atoms with Crippen molar-refractivity contribution in [2.24, 2.45) is 5.73 Å². The lowest BCUT2D eigenvalue weighted by Crippen LogP contribution is -2.26. The van der Waals surface area contributed by atoms with Crippen molar-refractivity contribution in [1.29, 1.82) is 0 Å². The fourth-order valence-corrected chi connectivity index (χ4v) is 1.41. The van der Waals surface area contributed by atoms with Crippen molar-refractivity contribution in [2.45, 2.75) is 25.6 Å². The largest absolute Gasteiger partial charge is 0.389 e. The van der Waals surface area contributed by atoms with Gasteiger partial charge in [0.15, 0.2) is 0 Å². The summed E-state index contributed by atoms with van der Waals surface area (Å²) in [6, 6.07) is 10.0. The summed E-state index contributed by atoms with van der Waals surface area (Å²) in [6.45, 7) is 2.60. The van der Waals surface area contributed by atoms with Gasteiger partial charge in [-0.1, -0.05) is 37.3 Å². The molecule has 0 spiro atoms. The van der Waals surface area contributed by atoms with Gasteiger partial charge in [0.05, 0.1) is 18.8 Å². The number of rotatable bonds is 6. The zero-order valence-electron chi connectivity index (χ0n) is 9.10. The van der Waals surface area contributed by atoms with E-state index in [0.717, 1.165) is 12.0 Å². The molecule has 0 radical (unpaired) electrons. The number of hydrogen-bond donors (Lipinski definition) is 2. The summed E-state index contributed by atoms with van der Waals surface area (Å²) in [5.41, 5.74) is 6.45. The van der Waals surface area contributed by atoms with Crippen molar-refractivity contribution < 1.29 is 9.84 Å². The van der Waals surface area contributed by atoms with Crippen LogP contribution in [0.5, 0.6) is 0 Å². The molecule has 1 aromatic rings. The van der Waals surface area contributed by atoms with Gasteiger partial charge in [-0.05, 0) is 12.0 Å². The highest BCUT2D eigenvalue weighted by atomic mass is 16.5. The summed E-state index contributed by atoms with van der Waals surface area (Å²) < 4.78 is 5.60. The fraction of sp³-hybridized carbons (Fsp3) is 0.500. The number of nitrogens with two attached hydrogens (primary N) is 1. The molecule has 0 saturated heterocycles. The smallest absolute Gasteiger partial charge is 0.0895 e. The van der Waals surface area contributed by atoms with E-state index in [9.17, 15) is 5.11 Å². The summed E-state index contributed by atoms with van der Waals surface area (Å²) in [5, 5.41) is 9.30. The molecule has 84 valence electrons. The molecule has 0 bridgehead atoms. The number of hydrogen-bond acceptors (Lipinski definition) is 3. The van der Waals surface area contributed by atoms with E-state index in [0.29, 0.717) is 6.61 Å². The maximum absolute atomic E-state index is 9.30. The second kappa shape index (κ2) is 6.56. The van der Waals surface area contributed by atoms with E-state index < -0.39 is 6.10 Å². The van der Waals surface area contributed by atoms with Crippen LogP contribution >= 0.6 is 0 Å². The first-order valence-electron chi connectivity index (χ1n) is 5.32. The average Bonchev–Trinajstić information content (AvgIpc) is 2.31. The molecule has 15 heavy (non-hydrogen) atoms. The lowest BCUT2D eigenvalue weighted by Gasteiger charge is -2.18. The third kappa shape index (κ3) is 4.00. The standard InChI is InChI=1S/C12H19NO2/c1-2-12(15-9-11(14)8-13)10-6-4-3-5-7-10/h3-7,11-12,14H,2,8-9,13H2,1H3/t11-,12-/m1/s1. The van der Waals surface area contributed by atoms with Crippen molar-refractivity contribution in [1.82, 2.24) is 0 Å². The molecule has 0 aliphatic carbocycles. The van der Waals surface area contributed by atoms with E-state index in [-0.39, 0.29) is 12.6 Å². The molecule has 1 rings (SSSR count). The van der Waals surface area contributed by atoms with Gasteiger partial charge in [0.1, 0.15) is 0 Å². The van der Waals surface area contributed by atoms with Crippen LogP contribution in [-0.2, 0) is 4.74 Å². The van der Waals surface area contributed by atoms with Crippen LogP contribution in [-0.4, -0.2) is 24.4 Å². The minimum Gasteiger partial charge on any atom is -0.389 e. The minimum absolute atomic E-state index is 0.0485. The second-order valence-corrected chi connectivity index (χ2v) is 3.53. The van der Waals surface area contributed by atoms with Gasteiger partial charge in [0, 0.05) is 6.54 Å². The molecule has 0 aliphatic rings. The predicted octanol–water partition coefficient (Wildman–Crippen LogP) is 1.47. The van der Waals surface area contributed by atoms with Gasteiger partial charge >= 0.3 is 0 Å². The summed E-state index contributed by atoms with van der Waals surface area (Å²) in [4.78, 5) is 0. The monoisotopic (exact) mass is 209 g/mol. The van der Waals surface area contributed by atoms with Gasteiger partial charge in [-0.25, -0.2) is 0 Å². The molecule has 3 nitrogen and oxygen atoms in total. The fourth-order valence-electron chi connectivity index (χ4n) is 1.41. The molecule has 0 aliphatic heterocycles. The van der Waals surface area contributed by atoms with Crippen LogP contribution in [0, 0.1) is 0 Å². The zero-order valence-corrected chi connectivity index (χ0v) is 9.10. The van der Waals surface area contributed by atoms with Crippen LogP contribution in [0.1, 0.15) is 25.0 Å². The van der Waals surface area contributed by atoms with Crippen molar-refractivity contribution in [3.8, 4) is 0 Å². The van der Waals surface area contributed by atoms with E-state index in [2.05, 4.69) is 6.92 Å². The van der Waals surface area contributed by atoms with Gasteiger partial charge in [0.25, 0.3) is 0 Å². The minimum atomic E-state index is -0.567. The third-order valence-electron chi connectivity index (χ3n) is 2.30. The summed E-state index contributed by atoms with van der Waals surface area (Å²) in [7, 11) is 0. The maximum Gasteiger partial charge on any atom is 0.0895 e. The van der Waals surface area contributed by atoms with Crippen molar-refractivity contribution >= 4 is 0 Å². The molecule has 0 unspecified atom stereocenters. The first-order valence-corrected chi connectivity index (χ1v) is 5.32. The molecule has 0 amide bonds. The van der Waals surface area contributed by atoms with E-state index >= 15 is 0 Å². The van der Waals surface area contributed by atoms with Crippen LogP contribution < -0.4 is 5.73 Å². The SMILES string of the molecule is CC[C@@H](OC[C@H](O)CN)c1ccccc1. The number of aliphatic hydroxyl groups is 1. The lowest BCUT2D eigenvalue weighted by atomic mass is 10.1. The Morgan fingerprint density at radius 2 is 2.00 bits per heavy atom. The van der Waals surface area contributed by atoms with E-state index in [1.807, 2.05) is 30.3 Å². The highest BCUT2D eigenvalue weighted by Crippen LogP contribution is 2.20. The topological polar surface area (TPSA) is 55.5 Å². The molecule has 3 heteroatoms. The van der Waals surface area contributed by atoms with Gasteiger partial charge in [0.2, 0.25) is 0 Å². The van der Waals surface area contributed by atoms with Crippen LogP contribution in [0.3, 0.4) is 0 Å². The Hall–Kier alpha value is -0.900. The Balaban J connectivity index is 2.50. The van der Waals surface area contributed by atoms with Gasteiger partial charge in [-0.2, -0.15) is 0 Å². The van der Waals surface area contributed by atoms with Gasteiger partial charge in [-0.15, -0.1) is 0 Å². The quantitative estimate of drug-likeness (QED) is 0.746. The van der Waals surface area contributed by atoms with Gasteiger partial charge in [-0.3, -0.25) is 0 Å². The van der Waals surface area contributed by atoms with Gasteiger partial charge < -0.3 is 15.6 Å². The zero-order chi connectivity index (χ0) is 11.1. The second-order valence-electron chi connectivity index (χ2n) is 3.53. The van der Waals surface area contributed by atoms with Crippen molar-refractivity contribution in [3.63, 3.8) is 0 Å². The number of aliphatic hydroxyl groups excluding tert-OH is 1. The number of ether oxygens (including phenoxy) is 1. The van der Waals surface area contributed by atoms with Crippen molar-refractivity contribution in [3.05, 3.63) is 35.9 Å². The highest BCUT2D eigenvalue weighted by molar-refractivity contribution is 5.17. The van der Waals surface area contributed by atoms with Crippen LogP contribution in [0.25, 0.3) is 0 Å². The summed E-state index contributed by atoms with van der Waals surface area (Å²) >= 11 is 0. The van der Waals surface area contributed by atoms with E-state index in [4.69, 9.17) is 10.5 Å². The van der Waals surface area contributed by atoms with E-state index in [1.54, 1.807) is 0 Å². The Bertz CT molecular complexity index is 264. The molecule has 0 saturated carbocycles. The number of benzene rings is 1. The average molecular weight is 209 g/mol. The predicted molar refractivity (Wildman–Crippen MR) is 60.5 cm³/mol. The van der Waals surface area contributed by atoms with E-state index in [1.165, 1.54) is 0 Å². The molecule has 0 aromatic heterocycles. The Kier molecular flexibility index (Phi) is 5.32. The molecule has 2 atom stereocenters.